The first-order chi connectivity index (χ1) is 15.0. The van der Waals surface area contributed by atoms with Crippen LogP contribution in [0.3, 0.4) is 0 Å². The van der Waals surface area contributed by atoms with E-state index < -0.39 is 35.6 Å². The van der Waals surface area contributed by atoms with E-state index in [1.165, 1.54) is 24.3 Å². The Labute approximate surface area is 175 Å². The monoisotopic (exact) mass is 414 g/mol. The fraction of sp³-hybridized carbons (Fsp3) is 0.0870. The highest BCUT2D eigenvalue weighted by atomic mass is 16.7. The van der Waals surface area contributed by atoms with Crippen molar-refractivity contribution in [3.05, 3.63) is 77.9 Å². The van der Waals surface area contributed by atoms with Crippen molar-refractivity contribution < 1.29 is 29.1 Å². The summed E-state index contributed by atoms with van der Waals surface area (Å²) < 4.78 is 0. The van der Waals surface area contributed by atoms with Gasteiger partial charge in [0.05, 0.1) is 11.3 Å². The summed E-state index contributed by atoms with van der Waals surface area (Å²) in [5.74, 6) is -4.04. The fourth-order valence-corrected chi connectivity index (χ4v) is 3.94. The number of aromatic carboxylic acids is 1. The van der Waals surface area contributed by atoms with Crippen LogP contribution in [-0.4, -0.2) is 40.5 Å². The first-order valence-electron chi connectivity index (χ1n) is 9.44. The van der Waals surface area contributed by atoms with Crippen molar-refractivity contribution in [1.82, 2.24) is 0 Å². The predicted molar refractivity (Wildman–Crippen MR) is 110 cm³/mol. The van der Waals surface area contributed by atoms with Gasteiger partial charge >= 0.3 is 5.97 Å². The standard InChI is InChI=1S/C23H14N2O6/c26-19(16-7-3-5-12-4-1-2-6-15(12)16)18-17-20(31-24-18)22(28)25(21(17)27)14-10-8-13(9-11-14)23(29)30/h1-11,17,20H,(H,29,30)/t17-,20-/m1/s1. The van der Waals surface area contributed by atoms with Crippen LogP contribution in [0.15, 0.2) is 71.9 Å². The van der Waals surface area contributed by atoms with Crippen LogP contribution in [0.25, 0.3) is 10.8 Å². The summed E-state index contributed by atoms with van der Waals surface area (Å²) in [5.41, 5.74) is 0.470. The third-order valence-electron chi connectivity index (χ3n) is 5.45. The molecule has 2 amide bonds. The summed E-state index contributed by atoms with van der Waals surface area (Å²) in [7, 11) is 0. The quantitative estimate of drug-likeness (QED) is 0.519. The Morgan fingerprint density at radius 1 is 0.903 bits per heavy atom. The number of carboxylic acid groups (broad SMARTS) is 1. The van der Waals surface area contributed by atoms with Crippen LogP contribution in [0.4, 0.5) is 5.69 Å². The second kappa shape index (κ2) is 6.88. The lowest BCUT2D eigenvalue weighted by Gasteiger charge is -2.15. The van der Waals surface area contributed by atoms with E-state index in [1.807, 2.05) is 24.3 Å². The molecule has 3 aromatic carbocycles. The molecule has 0 saturated carbocycles. The molecular weight excluding hydrogens is 400 g/mol. The first-order valence-corrected chi connectivity index (χ1v) is 9.44. The van der Waals surface area contributed by atoms with Crippen molar-refractivity contribution in [3.63, 3.8) is 0 Å². The highest BCUT2D eigenvalue weighted by Crippen LogP contribution is 2.35. The van der Waals surface area contributed by atoms with E-state index in [0.717, 1.165) is 10.3 Å². The lowest BCUT2D eigenvalue weighted by atomic mass is 9.91. The highest BCUT2D eigenvalue weighted by Gasteiger charge is 2.57. The van der Waals surface area contributed by atoms with Crippen LogP contribution in [-0.2, 0) is 14.4 Å². The first kappa shape index (κ1) is 18.7. The smallest absolute Gasteiger partial charge is 0.335 e. The van der Waals surface area contributed by atoms with Crippen LogP contribution in [0.5, 0.6) is 0 Å². The van der Waals surface area contributed by atoms with Gasteiger partial charge in [0, 0.05) is 5.56 Å². The number of Topliss-reactive ketones (excluding diaryl/α,β-unsaturated/α-hetero) is 1. The zero-order valence-electron chi connectivity index (χ0n) is 15.9. The minimum absolute atomic E-state index is 0.0210. The van der Waals surface area contributed by atoms with Crippen LogP contribution >= 0.6 is 0 Å². The van der Waals surface area contributed by atoms with Gasteiger partial charge in [0.25, 0.3) is 5.91 Å². The molecule has 8 heteroatoms. The molecule has 2 heterocycles. The number of oxime groups is 1. The normalized spacial score (nSPS) is 19.9. The lowest BCUT2D eigenvalue weighted by molar-refractivity contribution is -0.126. The number of amides is 2. The van der Waals surface area contributed by atoms with Crippen molar-refractivity contribution in [2.24, 2.45) is 11.1 Å². The molecule has 1 N–H and O–H groups in total. The molecule has 3 aromatic rings. The highest BCUT2D eigenvalue weighted by molar-refractivity contribution is 6.53. The van der Waals surface area contributed by atoms with Gasteiger partial charge in [0.2, 0.25) is 17.8 Å². The second-order valence-electron chi connectivity index (χ2n) is 7.20. The molecule has 1 saturated heterocycles. The van der Waals surface area contributed by atoms with Crippen molar-refractivity contribution in [2.75, 3.05) is 4.90 Å². The van der Waals surface area contributed by atoms with Gasteiger partial charge in [-0.3, -0.25) is 14.4 Å². The lowest BCUT2D eigenvalue weighted by Crippen LogP contribution is -2.34. The number of benzene rings is 3. The number of nitrogens with zero attached hydrogens (tertiary/aromatic N) is 2. The summed E-state index contributed by atoms with van der Waals surface area (Å²) in [6, 6.07) is 17.9. The number of hydrogen-bond donors (Lipinski definition) is 1. The zero-order valence-corrected chi connectivity index (χ0v) is 15.9. The van der Waals surface area contributed by atoms with Crippen LogP contribution < -0.4 is 4.90 Å². The van der Waals surface area contributed by atoms with Gasteiger partial charge in [0.1, 0.15) is 11.6 Å². The number of carbonyl (C=O) groups is 4. The molecule has 0 bridgehead atoms. The number of fused-ring (bicyclic) bond motifs is 2. The molecule has 8 nitrogen and oxygen atoms in total. The van der Waals surface area contributed by atoms with E-state index >= 15 is 0 Å². The largest absolute Gasteiger partial charge is 0.478 e. The van der Waals surface area contributed by atoms with E-state index in [2.05, 4.69) is 5.16 Å². The summed E-state index contributed by atoms with van der Waals surface area (Å²) in [6.45, 7) is 0. The third kappa shape index (κ3) is 2.80. The maximum absolute atomic E-state index is 13.3. The molecule has 2 atom stereocenters. The van der Waals surface area contributed by atoms with Gasteiger partial charge in [-0.25, -0.2) is 9.69 Å². The molecule has 0 aromatic heterocycles. The third-order valence-corrected chi connectivity index (χ3v) is 5.45. The molecule has 2 aliphatic heterocycles. The summed E-state index contributed by atoms with van der Waals surface area (Å²) in [6.07, 6.45) is -1.22. The number of carboxylic acids is 1. The average molecular weight is 414 g/mol. The van der Waals surface area contributed by atoms with E-state index in [4.69, 9.17) is 9.94 Å². The average Bonchev–Trinajstić information content (AvgIpc) is 3.33. The van der Waals surface area contributed by atoms with Gasteiger partial charge in [-0.05, 0) is 35.0 Å². The van der Waals surface area contributed by atoms with Crippen molar-refractivity contribution in [2.45, 2.75) is 6.10 Å². The minimum Gasteiger partial charge on any atom is -0.478 e. The van der Waals surface area contributed by atoms with Crippen molar-refractivity contribution in [3.8, 4) is 0 Å². The molecule has 0 radical (unpaired) electrons. The topological polar surface area (TPSA) is 113 Å². The van der Waals surface area contributed by atoms with E-state index in [-0.39, 0.29) is 17.0 Å². The molecule has 0 unspecified atom stereocenters. The Morgan fingerprint density at radius 3 is 2.35 bits per heavy atom. The molecular formula is C23H14N2O6. The summed E-state index contributed by atoms with van der Waals surface area (Å²) >= 11 is 0. The van der Waals surface area contributed by atoms with Crippen LogP contribution in [0, 0.1) is 5.92 Å². The molecule has 5 rings (SSSR count). The SMILES string of the molecule is O=C(O)c1ccc(N2C(=O)[C@@H]3C(C(=O)c4cccc5ccccc45)=NO[C@H]3C2=O)cc1. The van der Waals surface area contributed by atoms with Gasteiger partial charge in [-0.2, -0.15) is 0 Å². The van der Waals surface area contributed by atoms with Crippen LogP contribution in [0.2, 0.25) is 0 Å². The summed E-state index contributed by atoms with van der Waals surface area (Å²) in [4.78, 5) is 56.3. The molecule has 152 valence electrons. The molecule has 0 aliphatic carbocycles. The number of ketones is 1. The molecule has 31 heavy (non-hydrogen) atoms. The maximum Gasteiger partial charge on any atom is 0.335 e. The van der Waals surface area contributed by atoms with Gasteiger partial charge < -0.3 is 9.94 Å². The number of rotatable bonds is 4. The van der Waals surface area contributed by atoms with E-state index in [9.17, 15) is 19.2 Å². The Morgan fingerprint density at radius 2 is 1.61 bits per heavy atom. The minimum atomic E-state index is -1.22. The van der Waals surface area contributed by atoms with E-state index in [0.29, 0.717) is 10.9 Å². The van der Waals surface area contributed by atoms with E-state index in [1.54, 1.807) is 18.2 Å². The number of carbonyl (C=O) groups excluding carboxylic acids is 3. The number of imide groups is 1. The Kier molecular flexibility index (Phi) is 4.14. The number of hydrogen-bond acceptors (Lipinski definition) is 6. The zero-order chi connectivity index (χ0) is 21.7. The Hall–Kier alpha value is -4.33. The second-order valence-corrected chi connectivity index (χ2v) is 7.20. The molecule has 2 aliphatic rings. The van der Waals surface area contributed by atoms with Crippen LogP contribution in [0.1, 0.15) is 20.7 Å². The van der Waals surface area contributed by atoms with Gasteiger partial charge in [-0.1, -0.05) is 47.6 Å². The molecule has 1 fully saturated rings. The summed E-state index contributed by atoms with van der Waals surface area (Å²) in [5, 5.41) is 14.4. The fourth-order valence-electron chi connectivity index (χ4n) is 3.94. The van der Waals surface area contributed by atoms with Crippen molar-refractivity contribution >= 4 is 45.7 Å². The Balaban J connectivity index is 1.49. The van der Waals surface area contributed by atoms with Gasteiger partial charge in [0.15, 0.2) is 0 Å². The number of anilines is 1. The van der Waals surface area contributed by atoms with Gasteiger partial charge in [-0.15, -0.1) is 0 Å². The van der Waals surface area contributed by atoms with Crippen molar-refractivity contribution in [1.29, 1.82) is 0 Å². The molecule has 0 spiro atoms. The maximum atomic E-state index is 13.3. The predicted octanol–water partition coefficient (Wildman–Crippen LogP) is 2.67. The Bertz CT molecular complexity index is 1310.